The van der Waals surface area contributed by atoms with Crippen LogP contribution in [0.2, 0.25) is 0 Å². The summed E-state index contributed by atoms with van der Waals surface area (Å²) in [7, 11) is 0. The van der Waals surface area contributed by atoms with Crippen molar-refractivity contribution < 1.29 is 4.79 Å². The zero-order valence-corrected chi connectivity index (χ0v) is 14.0. The lowest BCUT2D eigenvalue weighted by molar-refractivity contribution is -0.117. The molecule has 0 saturated heterocycles. The average Bonchev–Trinajstić information content (AvgIpc) is 3.19. The fourth-order valence-electron chi connectivity index (χ4n) is 3.63. The Morgan fingerprint density at radius 2 is 1.65 bits per heavy atom. The molecule has 2 aliphatic rings. The first kappa shape index (κ1) is 14.8. The van der Waals surface area contributed by atoms with Gasteiger partial charge in [-0.05, 0) is 30.0 Å². The van der Waals surface area contributed by atoms with E-state index >= 15 is 0 Å². The van der Waals surface area contributed by atoms with Gasteiger partial charge in [-0.15, -0.1) is 11.8 Å². The molecule has 0 radical (unpaired) electrons. The molecule has 1 amide bonds. The van der Waals surface area contributed by atoms with E-state index in [0.29, 0.717) is 11.8 Å². The summed E-state index contributed by atoms with van der Waals surface area (Å²) in [4.78, 5) is 15.0. The molecule has 1 atom stereocenters. The van der Waals surface area contributed by atoms with Gasteiger partial charge < -0.3 is 4.90 Å². The van der Waals surface area contributed by atoms with Crippen molar-refractivity contribution in [3.8, 4) is 0 Å². The first-order valence-electron chi connectivity index (χ1n) is 8.42. The number of para-hydroxylation sites is 1. The van der Waals surface area contributed by atoms with Gasteiger partial charge in [0.05, 0.1) is 6.54 Å². The number of carbonyl (C=O) groups is 1. The molecule has 0 bridgehead atoms. The van der Waals surface area contributed by atoms with E-state index in [1.807, 2.05) is 40.9 Å². The Labute approximate surface area is 141 Å². The normalized spacial score (nSPS) is 21.0. The molecule has 1 saturated carbocycles. The van der Waals surface area contributed by atoms with Crippen LogP contribution in [0.5, 0.6) is 0 Å². The smallest absolute Gasteiger partial charge is 0.245 e. The first-order chi connectivity index (χ1) is 11.3. The summed E-state index contributed by atoms with van der Waals surface area (Å²) in [6.45, 7) is 0.665. The van der Waals surface area contributed by atoms with Gasteiger partial charge in [-0.25, -0.2) is 0 Å². The predicted octanol–water partition coefficient (Wildman–Crippen LogP) is 4.95. The van der Waals surface area contributed by atoms with E-state index in [1.165, 1.54) is 36.8 Å². The number of thioether (sulfide) groups is 1. The number of hydrogen-bond donors (Lipinski definition) is 0. The van der Waals surface area contributed by atoms with E-state index in [-0.39, 0.29) is 11.2 Å². The molecule has 2 nitrogen and oxygen atoms in total. The van der Waals surface area contributed by atoms with Crippen LogP contribution in [0.4, 0.5) is 5.69 Å². The zero-order valence-electron chi connectivity index (χ0n) is 13.2. The summed E-state index contributed by atoms with van der Waals surface area (Å²) in [6, 6.07) is 18.6. The van der Waals surface area contributed by atoms with Crippen molar-refractivity contribution >= 4 is 23.4 Å². The quantitative estimate of drug-likeness (QED) is 0.793. The summed E-state index contributed by atoms with van der Waals surface area (Å²) in [6.07, 6.45) is 5.15. The Balaban J connectivity index is 1.61. The average molecular weight is 323 g/mol. The van der Waals surface area contributed by atoms with Gasteiger partial charge in [0.1, 0.15) is 5.25 Å². The number of anilines is 1. The van der Waals surface area contributed by atoms with Gasteiger partial charge in [-0.3, -0.25) is 4.79 Å². The highest BCUT2D eigenvalue weighted by molar-refractivity contribution is 8.00. The van der Waals surface area contributed by atoms with Gasteiger partial charge in [0.25, 0.3) is 0 Å². The highest BCUT2D eigenvalue weighted by Crippen LogP contribution is 2.48. The minimum atomic E-state index is -0.0157. The standard InChI is InChI=1S/C20H21NOS/c22-20-19(23-16-10-4-5-11-16)17-12-6-7-13-18(17)21(20)14-15-8-2-1-3-9-15/h1-3,6-9,12-13,16,19H,4-5,10-11,14H2. The van der Waals surface area contributed by atoms with Crippen LogP contribution < -0.4 is 4.90 Å². The van der Waals surface area contributed by atoms with Crippen LogP contribution in [-0.4, -0.2) is 11.2 Å². The number of amides is 1. The molecule has 1 aliphatic carbocycles. The maximum Gasteiger partial charge on any atom is 0.245 e. The maximum atomic E-state index is 13.1. The van der Waals surface area contributed by atoms with Gasteiger partial charge in [0.2, 0.25) is 5.91 Å². The lowest BCUT2D eigenvalue weighted by Gasteiger charge is -2.19. The van der Waals surface area contributed by atoms with E-state index in [0.717, 1.165) is 5.69 Å². The van der Waals surface area contributed by atoms with Crippen molar-refractivity contribution in [3.05, 3.63) is 65.7 Å². The highest BCUT2D eigenvalue weighted by Gasteiger charge is 2.39. The molecule has 4 rings (SSSR count). The lowest BCUT2D eigenvalue weighted by atomic mass is 10.1. The number of carbonyl (C=O) groups excluding carboxylic acids is 1. The van der Waals surface area contributed by atoms with Crippen molar-refractivity contribution in [1.82, 2.24) is 0 Å². The third-order valence-electron chi connectivity index (χ3n) is 4.81. The third-order valence-corrected chi connectivity index (χ3v) is 6.40. The molecule has 1 heterocycles. The molecule has 118 valence electrons. The van der Waals surface area contributed by atoms with Crippen molar-refractivity contribution in [3.63, 3.8) is 0 Å². The van der Waals surface area contributed by atoms with Crippen molar-refractivity contribution in [2.24, 2.45) is 0 Å². The predicted molar refractivity (Wildman–Crippen MR) is 96.7 cm³/mol. The number of benzene rings is 2. The zero-order chi connectivity index (χ0) is 15.6. The topological polar surface area (TPSA) is 20.3 Å². The van der Waals surface area contributed by atoms with Crippen LogP contribution >= 0.6 is 11.8 Å². The third kappa shape index (κ3) is 2.90. The van der Waals surface area contributed by atoms with Crippen LogP contribution in [0.3, 0.4) is 0 Å². The van der Waals surface area contributed by atoms with E-state index in [2.05, 4.69) is 30.3 Å². The Hall–Kier alpha value is -1.74. The van der Waals surface area contributed by atoms with E-state index in [4.69, 9.17) is 0 Å². The number of rotatable bonds is 4. The van der Waals surface area contributed by atoms with Crippen molar-refractivity contribution in [2.45, 2.75) is 42.7 Å². The monoisotopic (exact) mass is 323 g/mol. The van der Waals surface area contributed by atoms with Crippen LogP contribution in [0, 0.1) is 0 Å². The second-order valence-electron chi connectivity index (χ2n) is 6.39. The van der Waals surface area contributed by atoms with Gasteiger partial charge in [-0.2, -0.15) is 0 Å². The molecular weight excluding hydrogens is 302 g/mol. The Kier molecular flexibility index (Phi) is 4.13. The molecule has 1 aliphatic heterocycles. The van der Waals surface area contributed by atoms with Crippen LogP contribution in [0.1, 0.15) is 42.1 Å². The first-order valence-corrected chi connectivity index (χ1v) is 9.37. The lowest BCUT2D eigenvalue weighted by Crippen LogP contribution is -2.27. The molecule has 1 unspecified atom stereocenters. The van der Waals surface area contributed by atoms with Crippen LogP contribution in [-0.2, 0) is 11.3 Å². The largest absolute Gasteiger partial charge is 0.306 e. The second-order valence-corrected chi connectivity index (χ2v) is 7.80. The van der Waals surface area contributed by atoms with Gasteiger partial charge in [0.15, 0.2) is 0 Å². The molecular formula is C20H21NOS. The summed E-state index contributed by atoms with van der Waals surface area (Å²) in [5, 5.41) is 0.631. The Morgan fingerprint density at radius 3 is 2.43 bits per heavy atom. The molecule has 2 aromatic carbocycles. The van der Waals surface area contributed by atoms with Crippen molar-refractivity contribution in [2.75, 3.05) is 4.90 Å². The minimum Gasteiger partial charge on any atom is -0.306 e. The second kappa shape index (κ2) is 6.40. The summed E-state index contributed by atoms with van der Waals surface area (Å²) in [5.41, 5.74) is 3.48. The van der Waals surface area contributed by atoms with E-state index < -0.39 is 0 Å². The Bertz CT molecular complexity index is 694. The van der Waals surface area contributed by atoms with Crippen LogP contribution in [0.25, 0.3) is 0 Å². The summed E-state index contributed by atoms with van der Waals surface area (Å²) in [5.74, 6) is 0.256. The minimum absolute atomic E-state index is 0.0157. The van der Waals surface area contributed by atoms with Gasteiger partial charge in [-0.1, -0.05) is 61.4 Å². The number of fused-ring (bicyclic) bond motifs is 1. The highest BCUT2D eigenvalue weighted by atomic mass is 32.2. The maximum absolute atomic E-state index is 13.1. The number of nitrogens with zero attached hydrogens (tertiary/aromatic N) is 1. The summed E-state index contributed by atoms with van der Waals surface area (Å²) >= 11 is 1.89. The molecule has 0 aromatic heterocycles. The SMILES string of the molecule is O=C1C(SC2CCCC2)c2ccccc2N1Cc1ccccc1. The van der Waals surface area contributed by atoms with Crippen LogP contribution in [0.15, 0.2) is 54.6 Å². The number of hydrogen-bond acceptors (Lipinski definition) is 2. The van der Waals surface area contributed by atoms with E-state index in [1.54, 1.807) is 0 Å². The fourth-order valence-corrected chi connectivity index (χ4v) is 5.21. The molecule has 0 spiro atoms. The molecule has 1 fully saturated rings. The molecule has 0 N–H and O–H groups in total. The molecule has 2 aromatic rings. The summed E-state index contributed by atoms with van der Waals surface area (Å²) < 4.78 is 0. The molecule has 23 heavy (non-hydrogen) atoms. The van der Waals surface area contributed by atoms with Gasteiger partial charge >= 0.3 is 0 Å². The van der Waals surface area contributed by atoms with Crippen molar-refractivity contribution in [1.29, 1.82) is 0 Å². The van der Waals surface area contributed by atoms with E-state index in [9.17, 15) is 4.79 Å². The van der Waals surface area contributed by atoms with Gasteiger partial charge in [0, 0.05) is 10.9 Å². The molecule has 3 heteroatoms. The Morgan fingerprint density at radius 1 is 0.957 bits per heavy atom. The fraction of sp³-hybridized carbons (Fsp3) is 0.350.